The maximum atomic E-state index is 11.8. The van der Waals surface area contributed by atoms with Gasteiger partial charge in [0.05, 0.1) is 0 Å². The number of aromatic hydroxyl groups is 1. The lowest BCUT2D eigenvalue weighted by Gasteiger charge is -2.22. The number of carbonyl (C=O) groups excluding carboxylic acids is 1. The predicted molar refractivity (Wildman–Crippen MR) is 99.1 cm³/mol. The summed E-state index contributed by atoms with van der Waals surface area (Å²) < 4.78 is 10.7. The van der Waals surface area contributed by atoms with E-state index in [1.165, 1.54) is 12.1 Å². The Bertz CT molecular complexity index is 778. The van der Waals surface area contributed by atoms with Gasteiger partial charge in [0.1, 0.15) is 28.9 Å². The summed E-state index contributed by atoms with van der Waals surface area (Å²) in [6.45, 7) is 5.11. The summed E-state index contributed by atoms with van der Waals surface area (Å²) in [6, 6.07) is 12.0. The molecule has 7 nitrogen and oxygen atoms in total. The fourth-order valence-corrected chi connectivity index (χ4v) is 2.23. The smallest absolute Gasteiger partial charge is 0.408 e. The molecule has 144 valence electrons. The molecule has 2 rings (SSSR count). The summed E-state index contributed by atoms with van der Waals surface area (Å²) in [4.78, 5) is 23.2. The lowest BCUT2D eigenvalue weighted by molar-refractivity contribution is -0.139. The molecule has 0 aliphatic heterocycles. The van der Waals surface area contributed by atoms with Gasteiger partial charge in [-0.15, -0.1) is 0 Å². The van der Waals surface area contributed by atoms with Crippen molar-refractivity contribution in [1.29, 1.82) is 0 Å². The summed E-state index contributed by atoms with van der Waals surface area (Å²) >= 11 is 0. The van der Waals surface area contributed by atoms with Gasteiger partial charge in [0.2, 0.25) is 0 Å². The van der Waals surface area contributed by atoms with E-state index in [1.807, 2.05) is 0 Å². The molecule has 0 heterocycles. The highest BCUT2D eigenvalue weighted by molar-refractivity contribution is 5.80. The van der Waals surface area contributed by atoms with Crippen molar-refractivity contribution in [2.45, 2.75) is 38.8 Å². The van der Waals surface area contributed by atoms with E-state index >= 15 is 0 Å². The van der Waals surface area contributed by atoms with E-state index < -0.39 is 23.7 Å². The van der Waals surface area contributed by atoms with E-state index in [9.17, 15) is 19.8 Å². The van der Waals surface area contributed by atoms with Gasteiger partial charge >= 0.3 is 12.1 Å². The summed E-state index contributed by atoms with van der Waals surface area (Å²) in [6.07, 6.45) is -0.671. The molecule has 0 aliphatic carbocycles. The van der Waals surface area contributed by atoms with Gasteiger partial charge in [-0.2, -0.15) is 0 Å². The van der Waals surface area contributed by atoms with Gasteiger partial charge in [-0.3, -0.25) is 0 Å². The average Bonchev–Trinajstić information content (AvgIpc) is 2.56. The fourth-order valence-electron chi connectivity index (χ4n) is 2.23. The number of phenols is 1. The van der Waals surface area contributed by atoms with E-state index in [1.54, 1.807) is 57.2 Å². The summed E-state index contributed by atoms with van der Waals surface area (Å²) in [5, 5.41) is 21.0. The van der Waals surface area contributed by atoms with Crippen molar-refractivity contribution in [2.24, 2.45) is 0 Å². The van der Waals surface area contributed by atoms with Gasteiger partial charge in [0.15, 0.2) is 0 Å². The number of phenolic OH excluding ortho intramolecular Hbond substituents is 1. The Kier molecular flexibility index (Phi) is 6.28. The molecule has 0 spiro atoms. The largest absolute Gasteiger partial charge is 0.508 e. The van der Waals surface area contributed by atoms with Crippen LogP contribution in [0.5, 0.6) is 17.2 Å². The first-order chi connectivity index (χ1) is 12.6. The average molecular weight is 373 g/mol. The quantitative estimate of drug-likeness (QED) is 0.713. The number of carboxylic acid groups (broad SMARTS) is 1. The third-order valence-electron chi connectivity index (χ3n) is 3.42. The Morgan fingerprint density at radius 3 is 2.00 bits per heavy atom. The van der Waals surface area contributed by atoms with Crippen molar-refractivity contribution in [3.05, 3.63) is 54.1 Å². The molecular formula is C20H23NO6. The Morgan fingerprint density at radius 1 is 1.00 bits per heavy atom. The SMILES string of the molecule is CC(C)(C)OC(=O)N[C@@H](Cc1ccc(Oc2ccc(O)cc2)cc1)C(=O)O. The van der Waals surface area contributed by atoms with Crippen LogP contribution in [0.4, 0.5) is 4.79 Å². The maximum absolute atomic E-state index is 11.8. The molecule has 0 radical (unpaired) electrons. The van der Waals surface area contributed by atoms with E-state index in [0.29, 0.717) is 11.5 Å². The first kappa shape index (κ1) is 20.1. The van der Waals surface area contributed by atoms with Gasteiger partial charge in [-0.25, -0.2) is 9.59 Å². The lowest BCUT2D eigenvalue weighted by atomic mass is 10.1. The minimum absolute atomic E-state index is 0.105. The van der Waals surface area contributed by atoms with Crippen molar-refractivity contribution < 1.29 is 29.3 Å². The summed E-state index contributed by atoms with van der Waals surface area (Å²) in [5.74, 6) is 0.132. The van der Waals surface area contributed by atoms with Crippen LogP contribution in [0.2, 0.25) is 0 Å². The van der Waals surface area contributed by atoms with Gasteiger partial charge in [-0.05, 0) is 62.7 Å². The van der Waals surface area contributed by atoms with Crippen molar-refractivity contribution in [3.8, 4) is 17.2 Å². The second-order valence-corrected chi connectivity index (χ2v) is 6.98. The maximum Gasteiger partial charge on any atom is 0.408 e. The van der Waals surface area contributed by atoms with Crippen LogP contribution in [0, 0.1) is 0 Å². The molecule has 27 heavy (non-hydrogen) atoms. The van der Waals surface area contributed by atoms with Crippen LogP contribution in [-0.4, -0.2) is 33.9 Å². The molecule has 2 aromatic rings. The second-order valence-electron chi connectivity index (χ2n) is 6.98. The molecule has 1 amide bonds. The van der Waals surface area contributed by atoms with Gasteiger partial charge in [0, 0.05) is 6.42 Å². The molecule has 0 aliphatic rings. The van der Waals surface area contributed by atoms with Crippen LogP contribution in [0.1, 0.15) is 26.3 Å². The monoisotopic (exact) mass is 373 g/mol. The third kappa shape index (κ3) is 6.89. The van der Waals surface area contributed by atoms with Crippen LogP contribution in [0.15, 0.2) is 48.5 Å². The van der Waals surface area contributed by atoms with E-state index in [0.717, 1.165) is 5.56 Å². The molecule has 1 atom stereocenters. The molecule has 0 bridgehead atoms. The van der Waals surface area contributed by atoms with Crippen LogP contribution < -0.4 is 10.1 Å². The molecule has 0 fully saturated rings. The first-order valence-electron chi connectivity index (χ1n) is 8.40. The normalized spacial score (nSPS) is 12.1. The molecule has 3 N–H and O–H groups in total. The van der Waals surface area contributed by atoms with Crippen molar-refractivity contribution in [3.63, 3.8) is 0 Å². The van der Waals surface area contributed by atoms with Crippen molar-refractivity contribution >= 4 is 12.1 Å². The van der Waals surface area contributed by atoms with Crippen molar-refractivity contribution in [2.75, 3.05) is 0 Å². The number of benzene rings is 2. The third-order valence-corrected chi connectivity index (χ3v) is 3.42. The molecular weight excluding hydrogens is 350 g/mol. The van der Waals surface area contributed by atoms with Crippen LogP contribution in [0.3, 0.4) is 0 Å². The number of alkyl carbamates (subject to hydrolysis) is 1. The zero-order valence-corrected chi connectivity index (χ0v) is 15.4. The second kappa shape index (κ2) is 8.44. The Balaban J connectivity index is 1.98. The highest BCUT2D eigenvalue weighted by Crippen LogP contribution is 2.24. The van der Waals surface area contributed by atoms with Crippen LogP contribution in [-0.2, 0) is 16.0 Å². The van der Waals surface area contributed by atoms with Crippen LogP contribution in [0.25, 0.3) is 0 Å². The lowest BCUT2D eigenvalue weighted by Crippen LogP contribution is -2.44. The number of hydrogen-bond acceptors (Lipinski definition) is 5. The minimum atomic E-state index is -1.15. The summed E-state index contributed by atoms with van der Waals surface area (Å²) in [5.41, 5.74) is 0.0110. The zero-order valence-electron chi connectivity index (χ0n) is 15.4. The number of hydrogen-bond donors (Lipinski definition) is 3. The number of ether oxygens (including phenoxy) is 2. The highest BCUT2D eigenvalue weighted by atomic mass is 16.6. The molecule has 0 unspecified atom stereocenters. The van der Waals surface area contributed by atoms with Gasteiger partial charge in [0.25, 0.3) is 0 Å². The number of carbonyl (C=O) groups is 2. The van der Waals surface area contributed by atoms with Crippen LogP contribution >= 0.6 is 0 Å². The minimum Gasteiger partial charge on any atom is -0.508 e. The molecule has 7 heteroatoms. The molecule has 2 aromatic carbocycles. The standard InChI is InChI=1S/C20H23NO6/c1-20(2,3)27-19(25)21-17(18(23)24)12-13-4-8-15(9-5-13)26-16-10-6-14(22)7-11-16/h4-11,17,22H,12H2,1-3H3,(H,21,25)(H,23,24)/t17-/m0/s1. The number of nitrogens with one attached hydrogen (secondary N) is 1. The van der Waals surface area contributed by atoms with Gasteiger partial charge in [-0.1, -0.05) is 12.1 Å². The molecule has 0 aromatic heterocycles. The Labute approximate surface area is 157 Å². The predicted octanol–water partition coefficient (Wildman–Crippen LogP) is 3.70. The fraction of sp³-hybridized carbons (Fsp3) is 0.300. The van der Waals surface area contributed by atoms with Gasteiger partial charge < -0.3 is 25.0 Å². The number of carboxylic acids is 1. The Hall–Kier alpha value is -3.22. The number of amides is 1. The number of rotatable bonds is 6. The zero-order chi connectivity index (χ0) is 20.0. The molecule has 0 saturated carbocycles. The number of aliphatic carboxylic acids is 1. The van der Waals surface area contributed by atoms with E-state index in [4.69, 9.17) is 9.47 Å². The Morgan fingerprint density at radius 2 is 1.52 bits per heavy atom. The summed E-state index contributed by atoms with van der Waals surface area (Å²) in [7, 11) is 0. The van der Waals surface area contributed by atoms with E-state index in [2.05, 4.69) is 5.32 Å². The van der Waals surface area contributed by atoms with Crippen molar-refractivity contribution in [1.82, 2.24) is 5.32 Å². The van der Waals surface area contributed by atoms with E-state index in [-0.39, 0.29) is 12.2 Å². The molecule has 0 saturated heterocycles. The first-order valence-corrected chi connectivity index (χ1v) is 8.40. The highest BCUT2D eigenvalue weighted by Gasteiger charge is 2.24. The topological polar surface area (TPSA) is 105 Å².